The van der Waals surface area contributed by atoms with Gasteiger partial charge in [0.05, 0.1) is 0 Å². The van der Waals surface area contributed by atoms with Crippen LogP contribution in [0.1, 0.15) is 25.3 Å². The van der Waals surface area contributed by atoms with E-state index in [1.165, 1.54) is 94.7 Å². The van der Waals surface area contributed by atoms with Gasteiger partial charge in [0, 0.05) is 34.1 Å². The lowest BCUT2D eigenvalue weighted by Gasteiger charge is -2.41. The standard InChI is InChI=1S/C45H32B2N2/c1-28(2)29-22-24-31(25-23-29)49-41-21-11-17-35-33-15-7-9-19-37(33)47(45(35)41)39-26-42-38(27-43(39)49)46-36-18-8-6-14-32(36)34-16-10-20-40(44(34)46)48(42)30-12-4-3-5-13-30/h3-28H,1-2H3. The summed E-state index contributed by atoms with van der Waals surface area (Å²) in [5, 5.41) is 0. The van der Waals surface area contributed by atoms with E-state index in [2.05, 4.69) is 175 Å². The van der Waals surface area contributed by atoms with E-state index in [1.807, 2.05) is 0 Å². The van der Waals surface area contributed by atoms with Crippen molar-refractivity contribution in [3.63, 3.8) is 0 Å². The summed E-state index contributed by atoms with van der Waals surface area (Å²) in [6.45, 7) is 4.87. The molecule has 49 heavy (non-hydrogen) atoms. The van der Waals surface area contributed by atoms with Gasteiger partial charge in [0.15, 0.2) is 0 Å². The number of fused-ring (bicyclic) bond motifs is 10. The molecule has 0 saturated heterocycles. The average molecular weight is 622 g/mol. The Labute approximate surface area is 288 Å². The highest BCUT2D eigenvalue weighted by atomic mass is 15.2. The van der Waals surface area contributed by atoms with Gasteiger partial charge < -0.3 is 9.80 Å². The summed E-state index contributed by atoms with van der Waals surface area (Å²) in [5.74, 6) is 0.482. The summed E-state index contributed by atoms with van der Waals surface area (Å²) in [6, 6.07) is 57.3. The van der Waals surface area contributed by atoms with Crippen LogP contribution in [0.25, 0.3) is 22.3 Å². The Kier molecular flexibility index (Phi) is 5.51. The molecule has 4 aliphatic heterocycles. The summed E-state index contributed by atoms with van der Waals surface area (Å²) < 4.78 is 0. The molecule has 0 aliphatic carbocycles. The van der Waals surface area contributed by atoms with Gasteiger partial charge in [-0.3, -0.25) is 0 Å². The van der Waals surface area contributed by atoms with E-state index < -0.39 is 0 Å². The van der Waals surface area contributed by atoms with Crippen molar-refractivity contribution < 1.29 is 0 Å². The maximum atomic E-state index is 2.56. The van der Waals surface area contributed by atoms with Crippen molar-refractivity contribution in [3.05, 3.63) is 157 Å². The number of rotatable bonds is 3. The minimum Gasteiger partial charge on any atom is -0.312 e. The largest absolute Gasteiger partial charge is 0.312 e. The molecule has 0 spiro atoms. The van der Waals surface area contributed by atoms with Gasteiger partial charge in [0.2, 0.25) is 13.4 Å². The molecule has 0 fully saturated rings. The fourth-order valence-corrected chi connectivity index (χ4v) is 9.38. The van der Waals surface area contributed by atoms with Crippen LogP contribution in [-0.4, -0.2) is 13.4 Å². The molecular formula is C45H32B2N2. The van der Waals surface area contributed by atoms with Crippen molar-refractivity contribution in [2.45, 2.75) is 19.8 Å². The molecule has 11 rings (SSSR count). The number of nitrogens with zero attached hydrogens (tertiary/aromatic N) is 2. The van der Waals surface area contributed by atoms with Crippen LogP contribution in [0.4, 0.5) is 34.1 Å². The first-order valence-corrected chi connectivity index (χ1v) is 17.5. The molecule has 0 radical (unpaired) electrons. The van der Waals surface area contributed by atoms with Gasteiger partial charge in [-0.2, -0.15) is 0 Å². The van der Waals surface area contributed by atoms with E-state index >= 15 is 0 Å². The van der Waals surface area contributed by atoms with Crippen molar-refractivity contribution in [2.75, 3.05) is 9.80 Å². The molecule has 2 nitrogen and oxygen atoms in total. The fraction of sp³-hybridized carbons (Fsp3) is 0.0667. The molecular weight excluding hydrogens is 590 g/mol. The van der Waals surface area contributed by atoms with Gasteiger partial charge in [-0.1, -0.05) is 128 Å². The molecule has 0 aromatic heterocycles. The molecule has 0 N–H and O–H groups in total. The molecule has 0 amide bonds. The number of hydrogen-bond donors (Lipinski definition) is 0. The molecule has 7 aromatic rings. The molecule has 0 unspecified atom stereocenters. The summed E-state index contributed by atoms with van der Waals surface area (Å²) in [5.41, 5.74) is 22.6. The van der Waals surface area contributed by atoms with E-state index in [-0.39, 0.29) is 13.4 Å². The predicted octanol–water partition coefficient (Wildman–Crippen LogP) is 7.37. The summed E-state index contributed by atoms with van der Waals surface area (Å²) in [4.78, 5) is 5.08. The van der Waals surface area contributed by atoms with Gasteiger partial charge >= 0.3 is 0 Å². The summed E-state index contributed by atoms with van der Waals surface area (Å²) >= 11 is 0. The summed E-state index contributed by atoms with van der Waals surface area (Å²) in [6.07, 6.45) is 0. The van der Waals surface area contributed by atoms with Crippen molar-refractivity contribution >= 4 is 80.3 Å². The Morgan fingerprint density at radius 1 is 0.388 bits per heavy atom. The van der Waals surface area contributed by atoms with Gasteiger partial charge in [-0.25, -0.2) is 0 Å². The molecule has 0 bridgehead atoms. The minimum absolute atomic E-state index is 0.162. The smallest absolute Gasteiger partial charge is 0.248 e. The van der Waals surface area contributed by atoms with Crippen molar-refractivity contribution in [2.24, 2.45) is 0 Å². The van der Waals surface area contributed by atoms with E-state index in [0.29, 0.717) is 5.92 Å². The van der Waals surface area contributed by atoms with E-state index in [4.69, 9.17) is 0 Å². The van der Waals surface area contributed by atoms with Crippen molar-refractivity contribution in [1.82, 2.24) is 0 Å². The molecule has 0 saturated carbocycles. The fourth-order valence-electron chi connectivity index (χ4n) is 9.38. The highest BCUT2D eigenvalue weighted by Gasteiger charge is 2.47. The van der Waals surface area contributed by atoms with Crippen molar-refractivity contribution in [3.8, 4) is 22.3 Å². The zero-order valence-electron chi connectivity index (χ0n) is 27.6. The first-order chi connectivity index (χ1) is 24.2. The maximum Gasteiger partial charge on any atom is 0.248 e. The van der Waals surface area contributed by atoms with Crippen molar-refractivity contribution in [1.29, 1.82) is 0 Å². The van der Waals surface area contributed by atoms with Crippen LogP contribution in [0, 0.1) is 0 Å². The molecule has 0 atom stereocenters. The Hall–Kier alpha value is -5.73. The first kappa shape index (κ1) is 27.2. The maximum absolute atomic E-state index is 2.56. The van der Waals surface area contributed by atoms with Crippen LogP contribution in [0.5, 0.6) is 0 Å². The first-order valence-electron chi connectivity index (χ1n) is 17.5. The monoisotopic (exact) mass is 622 g/mol. The van der Waals surface area contributed by atoms with Gasteiger partial charge in [-0.05, 0) is 104 Å². The third kappa shape index (κ3) is 3.59. The Balaban J connectivity index is 1.25. The lowest BCUT2D eigenvalue weighted by molar-refractivity contribution is 0.866. The molecule has 4 aliphatic rings. The Morgan fingerprint density at radius 2 is 0.837 bits per heavy atom. The average Bonchev–Trinajstić information content (AvgIpc) is 3.67. The summed E-state index contributed by atoms with van der Waals surface area (Å²) in [7, 11) is 0. The number of hydrogen-bond acceptors (Lipinski definition) is 2. The van der Waals surface area contributed by atoms with Crippen LogP contribution in [0.3, 0.4) is 0 Å². The third-order valence-corrected chi connectivity index (χ3v) is 11.5. The molecule has 4 heterocycles. The lowest BCUT2D eigenvalue weighted by atomic mass is 9.34. The van der Waals surface area contributed by atoms with Gasteiger partial charge in [0.25, 0.3) is 0 Å². The lowest BCUT2D eigenvalue weighted by Crippen LogP contribution is -2.58. The molecule has 7 aromatic carbocycles. The second-order valence-corrected chi connectivity index (χ2v) is 14.2. The zero-order chi connectivity index (χ0) is 32.4. The second-order valence-electron chi connectivity index (χ2n) is 14.2. The van der Waals surface area contributed by atoms with E-state index in [9.17, 15) is 0 Å². The Morgan fingerprint density at radius 3 is 1.35 bits per heavy atom. The molecule has 4 heteroatoms. The van der Waals surface area contributed by atoms with Gasteiger partial charge in [-0.15, -0.1) is 0 Å². The zero-order valence-corrected chi connectivity index (χ0v) is 27.6. The van der Waals surface area contributed by atoms with Crippen LogP contribution >= 0.6 is 0 Å². The minimum atomic E-state index is 0.162. The van der Waals surface area contributed by atoms with E-state index in [1.54, 1.807) is 0 Å². The van der Waals surface area contributed by atoms with Gasteiger partial charge in [0.1, 0.15) is 0 Å². The van der Waals surface area contributed by atoms with E-state index in [0.717, 1.165) is 0 Å². The van der Waals surface area contributed by atoms with Crippen LogP contribution < -0.4 is 42.6 Å². The predicted molar refractivity (Wildman–Crippen MR) is 210 cm³/mol. The van der Waals surface area contributed by atoms with Crippen LogP contribution in [-0.2, 0) is 0 Å². The molecule has 228 valence electrons. The topological polar surface area (TPSA) is 6.48 Å². The van der Waals surface area contributed by atoms with Crippen LogP contribution in [0.2, 0.25) is 0 Å². The number of anilines is 6. The van der Waals surface area contributed by atoms with Crippen LogP contribution in [0.15, 0.2) is 152 Å². The number of benzene rings is 7. The number of para-hydroxylation sites is 1. The highest BCUT2D eigenvalue weighted by Crippen LogP contribution is 2.45. The normalized spacial score (nSPS) is 13.9. The Bertz CT molecular complexity index is 2500. The highest BCUT2D eigenvalue weighted by molar-refractivity contribution is 7.03. The SMILES string of the molecule is CC(C)c1ccc(N2c3cc4c(cc3B3c5ccccc5-c5cccc2c53)N(c2ccccc2)c2cccc3c2B4c2ccccc2-3)cc1. The second kappa shape index (κ2) is 9.90. The third-order valence-electron chi connectivity index (χ3n) is 11.5. The quantitative estimate of drug-likeness (QED) is 0.190.